The van der Waals surface area contributed by atoms with Gasteiger partial charge in [0, 0.05) is 11.3 Å². The molecule has 1 aromatic carbocycles. The zero-order valence-corrected chi connectivity index (χ0v) is 11.2. The molecule has 0 atom stereocenters. The second kappa shape index (κ2) is 4.77. The maximum atomic E-state index is 12.2. The number of pyridine rings is 1. The molecule has 0 saturated carbocycles. The first-order valence-corrected chi connectivity index (χ1v) is 6.24. The van der Waals surface area contributed by atoms with Gasteiger partial charge in [0.05, 0.1) is 5.39 Å². The van der Waals surface area contributed by atoms with Gasteiger partial charge in [-0.1, -0.05) is 22.9 Å². The molecule has 3 aromatic rings. The number of hydrogen-bond donors (Lipinski definition) is 1. The van der Waals surface area contributed by atoms with Crippen LogP contribution >= 0.6 is 0 Å². The molecule has 2 aromatic heterocycles. The van der Waals surface area contributed by atoms with Gasteiger partial charge >= 0.3 is 0 Å². The van der Waals surface area contributed by atoms with E-state index in [1.807, 2.05) is 44.2 Å². The Morgan fingerprint density at radius 2 is 2.05 bits per heavy atom. The highest BCUT2D eigenvalue weighted by atomic mass is 16.5. The van der Waals surface area contributed by atoms with Crippen LogP contribution in [0.2, 0.25) is 0 Å². The van der Waals surface area contributed by atoms with E-state index in [1.165, 1.54) is 0 Å². The predicted octanol–water partition coefficient (Wildman–Crippen LogP) is 3.09. The monoisotopic (exact) mass is 267 g/mol. The standard InChI is InChI=1S/C15H13N3O2/c1-9-4-3-5-11(8-9)14(19)17-13-12-7-6-10(2)16-15(12)20-18-13/h3-8H,1-2H3,(H,17,18,19). The van der Waals surface area contributed by atoms with Crippen molar-refractivity contribution in [1.82, 2.24) is 10.1 Å². The van der Waals surface area contributed by atoms with Crippen molar-refractivity contribution in [2.45, 2.75) is 13.8 Å². The number of nitrogens with zero attached hydrogens (tertiary/aromatic N) is 2. The quantitative estimate of drug-likeness (QED) is 0.774. The molecular weight excluding hydrogens is 254 g/mol. The van der Waals surface area contributed by atoms with Crippen molar-refractivity contribution < 1.29 is 9.32 Å². The average Bonchev–Trinajstić information content (AvgIpc) is 2.81. The largest absolute Gasteiger partial charge is 0.334 e. The van der Waals surface area contributed by atoms with Gasteiger partial charge in [-0.05, 0) is 38.1 Å². The maximum Gasteiger partial charge on any atom is 0.260 e. The average molecular weight is 267 g/mol. The lowest BCUT2D eigenvalue weighted by Crippen LogP contribution is -2.12. The van der Waals surface area contributed by atoms with E-state index in [2.05, 4.69) is 15.5 Å². The number of aryl methyl sites for hydroxylation is 2. The molecule has 100 valence electrons. The van der Waals surface area contributed by atoms with Crippen LogP contribution in [0.1, 0.15) is 21.6 Å². The van der Waals surface area contributed by atoms with Crippen LogP contribution in [0.25, 0.3) is 11.1 Å². The fourth-order valence-electron chi connectivity index (χ4n) is 1.98. The van der Waals surface area contributed by atoms with E-state index in [-0.39, 0.29) is 5.91 Å². The lowest BCUT2D eigenvalue weighted by atomic mass is 10.1. The van der Waals surface area contributed by atoms with Gasteiger partial charge in [-0.3, -0.25) is 4.79 Å². The number of rotatable bonds is 2. The molecule has 5 nitrogen and oxygen atoms in total. The van der Waals surface area contributed by atoms with Gasteiger partial charge in [-0.25, -0.2) is 4.98 Å². The van der Waals surface area contributed by atoms with Crippen molar-refractivity contribution in [2.24, 2.45) is 0 Å². The zero-order valence-electron chi connectivity index (χ0n) is 11.2. The molecule has 1 N–H and O–H groups in total. The summed E-state index contributed by atoms with van der Waals surface area (Å²) in [6.07, 6.45) is 0. The summed E-state index contributed by atoms with van der Waals surface area (Å²) in [5, 5.41) is 7.29. The molecule has 1 amide bonds. The molecule has 20 heavy (non-hydrogen) atoms. The molecule has 0 fully saturated rings. The summed E-state index contributed by atoms with van der Waals surface area (Å²) in [6, 6.07) is 11.0. The van der Waals surface area contributed by atoms with E-state index in [9.17, 15) is 4.79 Å². The SMILES string of the molecule is Cc1cccc(C(=O)Nc2noc3nc(C)ccc23)c1. The van der Waals surface area contributed by atoms with Gasteiger partial charge < -0.3 is 9.84 Å². The van der Waals surface area contributed by atoms with E-state index in [0.717, 1.165) is 11.3 Å². The van der Waals surface area contributed by atoms with Gasteiger partial charge in [-0.15, -0.1) is 0 Å². The van der Waals surface area contributed by atoms with Crippen LogP contribution in [-0.4, -0.2) is 16.0 Å². The Balaban J connectivity index is 1.91. The third-order valence-corrected chi connectivity index (χ3v) is 2.99. The van der Waals surface area contributed by atoms with Crippen LogP contribution < -0.4 is 5.32 Å². The Hall–Kier alpha value is -2.69. The van der Waals surface area contributed by atoms with E-state index in [0.29, 0.717) is 22.5 Å². The first-order chi connectivity index (χ1) is 9.63. The van der Waals surface area contributed by atoms with Gasteiger partial charge in [0.15, 0.2) is 5.82 Å². The van der Waals surface area contributed by atoms with Crippen molar-refractivity contribution in [2.75, 3.05) is 5.32 Å². The number of carbonyl (C=O) groups excluding carboxylic acids is 1. The van der Waals surface area contributed by atoms with Crippen LogP contribution in [0.4, 0.5) is 5.82 Å². The number of benzene rings is 1. The maximum absolute atomic E-state index is 12.2. The van der Waals surface area contributed by atoms with Gasteiger partial charge in [-0.2, -0.15) is 0 Å². The number of carbonyl (C=O) groups is 1. The van der Waals surface area contributed by atoms with Crippen LogP contribution in [-0.2, 0) is 0 Å². The summed E-state index contributed by atoms with van der Waals surface area (Å²) < 4.78 is 5.11. The summed E-state index contributed by atoms with van der Waals surface area (Å²) in [5.74, 6) is 0.170. The zero-order chi connectivity index (χ0) is 14.1. The van der Waals surface area contributed by atoms with Crippen LogP contribution in [0.5, 0.6) is 0 Å². The topological polar surface area (TPSA) is 68.0 Å². The third kappa shape index (κ3) is 2.25. The highest BCUT2D eigenvalue weighted by Crippen LogP contribution is 2.21. The summed E-state index contributed by atoms with van der Waals surface area (Å²) in [5.41, 5.74) is 2.87. The molecule has 0 aliphatic rings. The number of hydrogen-bond acceptors (Lipinski definition) is 4. The Morgan fingerprint density at radius 3 is 2.85 bits per heavy atom. The molecule has 0 unspecified atom stereocenters. The van der Waals surface area contributed by atoms with Crippen LogP contribution in [0.15, 0.2) is 40.9 Å². The first-order valence-electron chi connectivity index (χ1n) is 6.24. The lowest BCUT2D eigenvalue weighted by molar-refractivity contribution is 0.102. The second-order valence-electron chi connectivity index (χ2n) is 4.66. The van der Waals surface area contributed by atoms with Gasteiger partial charge in [0.25, 0.3) is 11.6 Å². The minimum absolute atomic E-state index is 0.218. The number of amides is 1. The number of aromatic nitrogens is 2. The molecule has 0 aliphatic heterocycles. The molecule has 0 saturated heterocycles. The summed E-state index contributed by atoms with van der Waals surface area (Å²) in [7, 11) is 0. The van der Waals surface area contributed by atoms with Crippen molar-refractivity contribution >= 4 is 22.8 Å². The molecule has 0 spiro atoms. The third-order valence-electron chi connectivity index (χ3n) is 2.99. The fraction of sp³-hybridized carbons (Fsp3) is 0.133. The minimum atomic E-state index is -0.218. The Morgan fingerprint density at radius 1 is 1.20 bits per heavy atom. The Bertz CT molecular complexity index is 793. The molecular formula is C15H13N3O2. The number of anilines is 1. The van der Waals surface area contributed by atoms with Crippen molar-refractivity contribution in [1.29, 1.82) is 0 Å². The summed E-state index contributed by atoms with van der Waals surface area (Å²) in [4.78, 5) is 16.4. The van der Waals surface area contributed by atoms with Crippen LogP contribution in [0, 0.1) is 13.8 Å². The van der Waals surface area contributed by atoms with Crippen molar-refractivity contribution in [3.8, 4) is 0 Å². The fourth-order valence-corrected chi connectivity index (χ4v) is 1.98. The summed E-state index contributed by atoms with van der Waals surface area (Å²) in [6.45, 7) is 3.81. The molecule has 5 heteroatoms. The minimum Gasteiger partial charge on any atom is -0.334 e. The van der Waals surface area contributed by atoms with E-state index in [1.54, 1.807) is 6.07 Å². The van der Waals surface area contributed by atoms with Crippen molar-refractivity contribution in [3.63, 3.8) is 0 Å². The lowest BCUT2D eigenvalue weighted by Gasteiger charge is -2.02. The van der Waals surface area contributed by atoms with E-state index in [4.69, 9.17) is 4.52 Å². The van der Waals surface area contributed by atoms with Crippen LogP contribution in [0.3, 0.4) is 0 Å². The molecule has 0 aliphatic carbocycles. The highest BCUT2D eigenvalue weighted by molar-refractivity contribution is 6.07. The summed E-state index contributed by atoms with van der Waals surface area (Å²) >= 11 is 0. The van der Waals surface area contributed by atoms with E-state index >= 15 is 0 Å². The number of fused-ring (bicyclic) bond motifs is 1. The highest BCUT2D eigenvalue weighted by Gasteiger charge is 2.13. The van der Waals surface area contributed by atoms with Crippen molar-refractivity contribution in [3.05, 3.63) is 53.2 Å². The normalized spacial score (nSPS) is 10.7. The smallest absolute Gasteiger partial charge is 0.260 e. The molecule has 3 rings (SSSR count). The molecule has 2 heterocycles. The number of nitrogens with one attached hydrogen (secondary N) is 1. The molecule has 0 radical (unpaired) electrons. The van der Waals surface area contributed by atoms with Gasteiger partial charge in [0.1, 0.15) is 0 Å². The van der Waals surface area contributed by atoms with Gasteiger partial charge in [0.2, 0.25) is 0 Å². The Labute approximate surface area is 115 Å². The second-order valence-corrected chi connectivity index (χ2v) is 4.66. The molecule has 0 bridgehead atoms. The predicted molar refractivity (Wildman–Crippen MR) is 75.7 cm³/mol. The Kier molecular flexibility index (Phi) is 2.95. The first kappa shape index (κ1) is 12.3. The van der Waals surface area contributed by atoms with E-state index < -0.39 is 0 Å².